The van der Waals surface area contributed by atoms with E-state index in [1.54, 1.807) is 0 Å². The second-order valence-corrected chi connectivity index (χ2v) is 12.8. The van der Waals surface area contributed by atoms with E-state index in [9.17, 15) is 9.59 Å². The Balaban J connectivity index is 0. The van der Waals surface area contributed by atoms with Crippen LogP contribution in [-0.2, 0) is 10.8 Å². The van der Waals surface area contributed by atoms with Gasteiger partial charge >= 0.3 is 0 Å². The summed E-state index contributed by atoms with van der Waals surface area (Å²) in [6, 6.07) is 16.0. The first-order chi connectivity index (χ1) is 16.2. The highest BCUT2D eigenvalue weighted by atomic mass is 16.1. The lowest BCUT2D eigenvalue weighted by atomic mass is 9.82. The van der Waals surface area contributed by atoms with E-state index >= 15 is 0 Å². The maximum atomic E-state index is 12.1. The van der Waals surface area contributed by atoms with E-state index in [0.717, 1.165) is 11.1 Å². The van der Waals surface area contributed by atoms with Crippen LogP contribution in [0.1, 0.15) is 143 Å². The van der Waals surface area contributed by atoms with Crippen molar-refractivity contribution in [1.82, 2.24) is 0 Å². The molecule has 0 aromatic heterocycles. The summed E-state index contributed by atoms with van der Waals surface area (Å²) in [5.74, 6) is 0.409. The zero-order valence-electron chi connectivity index (χ0n) is 26.4. The molecule has 2 aromatic rings. The van der Waals surface area contributed by atoms with Crippen molar-refractivity contribution in [3.63, 3.8) is 0 Å². The lowest BCUT2D eigenvalue weighted by molar-refractivity contribution is 0.0852. The Morgan fingerprint density at radius 1 is 0.472 bits per heavy atom. The van der Waals surface area contributed by atoms with Gasteiger partial charge in [0.25, 0.3) is 0 Å². The summed E-state index contributed by atoms with van der Waals surface area (Å²) in [4.78, 5) is 24.2. The predicted molar refractivity (Wildman–Crippen MR) is 161 cm³/mol. The molecule has 0 radical (unpaired) electrons. The molecule has 0 saturated carbocycles. The molecular weight excluding hydrogens is 440 g/mol. The molecule has 204 valence electrons. The number of benzene rings is 2. The smallest absolute Gasteiger partial charge is 0.168 e. The summed E-state index contributed by atoms with van der Waals surface area (Å²) in [7, 11) is 0. The Labute approximate surface area is 224 Å². The maximum Gasteiger partial charge on any atom is 0.168 e. The second-order valence-electron chi connectivity index (χ2n) is 12.8. The minimum Gasteiger partial charge on any atom is -0.294 e. The van der Waals surface area contributed by atoms with Crippen LogP contribution in [0.25, 0.3) is 0 Å². The highest BCUT2D eigenvalue weighted by Gasteiger charge is 2.25. The van der Waals surface area contributed by atoms with Crippen LogP contribution in [0.2, 0.25) is 0 Å². The van der Waals surface area contributed by atoms with Crippen LogP contribution >= 0.6 is 0 Å². The molecule has 0 amide bonds. The van der Waals surface area contributed by atoms with Crippen LogP contribution in [0.5, 0.6) is 0 Å². The van der Waals surface area contributed by atoms with Gasteiger partial charge in [-0.3, -0.25) is 9.59 Å². The Bertz CT molecular complexity index is 919. The maximum absolute atomic E-state index is 12.1. The number of carbonyl (C=O) groups is 2. The van der Waals surface area contributed by atoms with Crippen molar-refractivity contribution in [3.8, 4) is 0 Å². The molecule has 0 heterocycles. The van der Waals surface area contributed by atoms with Gasteiger partial charge in [0.2, 0.25) is 0 Å². The zero-order valence-corrected chi connectivity index (χ0v) is 26.4. The number of hydrogen-bond acceptors (Lipinski definition) is 2. The second kappa shape index (κ2) is 14.5. The van der Waals surface area contributed by atoms with Gasteiger partial charge in [0.05, 0.1) is 0 Å². The van der Waals surface area contributed by atoms with Crippen LogP contribution in [-0.4, -0.2) is 11.6 Å². The first kappa shape index (κ1) is 35.9. The highest BCUT2D eigenvalue weighted by molar-refractivity contribution is 6.00. The quantitative estimate of drug-likeness (QED) is 0.387. The minimum absolute atomic E-state index is 0.0914. The number of ketones is 2. The lowest BCUT2D eigenvalue weighted by Gasteiger charge is -2.21. The molecule has 0 fully saturated rings. The SMILES string of the molecule is CC.CC.CC(C)(C)C(=O)c1ccc(C(C)(C)C)cc1.CC(C)(C)C(=O)c1cccc(C(C)(C)C)c1. The molecule has 0 saturated heterocycles. The van der Waals surface area contributed by atoms with Crippen molar-refractivity contribution >= 4 is 11.6 Å². The highest BCUT2D eigenvalue weighted by Crippen LogP contribution is 2.27. The zero-order chi connectivity index (χ0) is 29.1. The van der Waals surface area contributed by atoms with Crippen molar-refractivity contribution in [2.24, 2.45) is 10.8 Å². The van der Waals surface area contributed by atoms with Gasteiger partial charge < -0.3 is 0 Å². The van der Waals surface area contributed by atoms with E-state index in [4.69, 9.17) is 0 Å². The average molecular weight is 497 g/mol. The molecule has 0 unspecified atom stereocenters. The lowest BCUT2D eigenvalue weighted by Crippen LogP contribution is -2.21. The predicted octanol–water partition coefficient (Wildman–Crippen LogP) is 10.5. The Morgan fingerprint density at radius 2 is 0.833 bits per heavy atom. The van der Waals surface area contributed by atoms with E-state index in [2.05, 4.69) is 59.7 Å². The van der Waals surface area contributed by atoms with Crippen LogP contribution in [0, 0.1) is 10.8 Å². The molecule has 36 heavy (non-hydrogen) atoms. The van der Waals surface area contributed by atoms with Gasteiger partial charge in [0.15, 0.2) is 11.6 Å². The molecule has 0 bridgehead atoms. The molecule has 0 aliphatic heterocycles. The number of Topliss-reactive ketones (excluding diaryl/α,β-unsaturated/α-hetero) is 2. The third-order valence-corrected chi connectivity index (χ3v) is 5.37. The minimum atomic E-state index is -0.309. The standard InChI is InChI=1S/2C15H22O.2C2H6/c1-14(2,3)12-9-7-11(8-10-12)13(16)15(4,5)6;1-14(2,3)12-9-7-8-11(10-12)13(16)15(4,5)6;2*1-2/h2*7-10H,1-6H3;2*1-2H3. The monoisotopic (exact) mass is 496 g/mol. The fourth-order valence-electron chi connectivity index (χ4n) is 3.11. The van der Waals surface area contributed by atoms with Crippen molar-refractivity contribution in [2.75, 3.05) is 0 Å². The van der Waals surface area contributed by atoms with E-state index in [1.165, 1.54) is 11.1 Å². The molecule has 2 rings (SSSR count). The van der Waals surface area contributed by atoms with E-state index in [-0.39, 0.29) is 33.2 Å². The third-order valence-electron chi connectivity index (χ3n) is 5.37. The van der Waals surface area contributed by atoms with Crippen LogP contribution < -0.4 is 0 Å². The molecule has 2 heteroatoms. The van der Waals surface area contributed by atoms with Crippen molar-refractivity contribution in [3.05, 3.63) is 70.8 Å². The first-order valence-electron chi connectivity index (χ1n) is 13.6. The molecule has 2 aromatic carbocycles. The average Bonchev–Trinajstić information content (AvgIpc) is 2.79. The molecule has 0 N–H and O–H groups in total. The Kier molecular flexibility index (Phi) is 14.5. The van der Waals surface area contributed by atoms with E-state index in [1.807, 2.05) is 99.6 Å². The Morgan fingerprint density at radius 3 is 1.17 bits per heavy atom. The fraction of sp³-hybridized carbons (Fsp3) is 0.588. The van der Waals surface area contributed by atoms with E-state index in [0.29, 0.717) is 0 Å². The molecule has 2 nitrogen and oxygen atoms in total. The normalized spacial score (nSPS) is 11.6. The Hall–Kier alpha value is -2.22. The molecular formula is C34H56O2. The summed E-state index contributed by atoms with van der Waals surface area (Å²) >= 11 is 0. The van der Waals surface area contributed by atoms with Crippen molar-refractivity contribution in [2.45, 2.75) is 122 Å². The van der Waals surface area contributed by atoms with Crippen LogP contribution in [0.15, 0.2) is 48.5 Å². The number of hydrogen-bond donors (Lipinski definition) is 0. The number of rotatable bonds is 2. The summed E-state index contributed by atoms with van der Waals surface area (Å²) in [5.41, 5.74) is 3.72. The summed E-state index contributed by atoms with van der Waals surface area (Å²) in [5, 5.41) is 0. The van der Waals surface area contributed by atoms with Gasteiger partial charge in [-0.15, -0.1) is 0 Å². The van der Waals surface area contributed by atoms with Gasteiger partial charge in [0, 0.05) is 22.0 Å². The van der Waals surface area contributed by atoms with Gasteiger partial charge in [-0.2, -0.15) is 0 Å². The van der Waals surface area contributed by atoms with Crippen molar-refractivity contribution < 1.29 is 9.59 Å². The largest absolute Gasteiger partial charge is 0.294 e. The van der Waals surface area contributed by atoms with Crippen molar-refractivity contribution in [1.29, 1.82) is 0 Å². The third kappa shape index (κ3) is 12.2. The summed E-state index contributed by atoms with van der Waals surface area (Å²) < 4.78 is 0. The van der Waals surface area contributed by atoms with Gasteiger partial charge in [-0.25, -0.2) is 0 Å². The topological polar surface area (TPSA) is 34.1 Å². The van der Waals surface area contributed by atoms with Gasteiger partial charge in [-0.05, 0) is 28.0 Å². The molecule has 0 aliphatic carbocycles. The molecule has 0 atom stereocenters. The molecule has 0 aliphatic rings. The fourth-order valence-corrected chi connectivity index (χ4v) is 3.11. The molecule has 0 spiro atoms. The number of carbonyl (C=O) groups excluding carboxylic acids is 2. The van der Waals surface area contributed by atoms with Gasteiger partial charge in [-0.1, -0.05) is 153 Å². The van der Waals surface area contributed by atoms with Gasteiger partial charge in [0.1, 0.15) is 0 Å². The summed E-state index contributed by atoms with van der Waals surface area (Å²) in [6.07, 6.45) is 0. The summed E-state index contributed by atoms with van der Waals surface area (Å²) in [6.45, 7) is 32.7. The first-order valence-corrected chi connectivity index (χ1v) is 13.6. The van der Waals surface area contributed by atoms with Crippen LogP contribution in [0.4, 0.5) is 0 Å². The van der Waals surface area contributed by atoms with Crippen LogP contribution in [0.3, 0.4) is 0 Å². The van der Waals surface area contributed by atoms with E-state index < -0.39 is 0 Å².